The molecule has 0 N–H and O–H groups in total. The maximum absolute atomic E-state index is 13.3. The van der Waals surface area contributed by atoms with Crippen LogP contribution in [0.4, 0.5) is 0 Å². The third-order valence-corrected chi connectivity index (χ3v) is 5.39. The molecule has 140 valence electrons. The second-order valence-corrected chi connectivity index (χ2v) is 7.37. The van der Waals surface area contributed by atoms with Crippen molar-refractivity contribution >= 4 is 11.7 Å². The van der Waals surface area contributed by atoms with Crippen molar-refractivity contribution in [1.82, 2.24) is 4.90 Å². The molecule has 1 saturated carbocycles. The fourth-order valence-corrected chi connectivity index (χ4v) is 3.87. The Labute approximate surface area is 157 Å². The van der Waals surface area contributed by atoms with Crippen molar-refractivity contribution in [2.45, 2.75) is 44.7 Å². The standard InChI is InChI=1S/C21H21NO5/c23-16-2-1-3-18-20(16)15(12-27-18)21(24)22(14-5-6-14)11-13-4-7-17-19(10-13)26-9-8-25-17/h4,7,10,12,14H,1-3,5-6,8-9,11H2. The highest BCUT2D eigenvalue weighted by atomic mass is 16.6. The number of furan rings is 1. The van der Waals surface area contributed by atoms with E-state index in [0.29, 0.717) is 43.1 Å². The van der Waals surface area contributed by atoms with Gasteiger partial charge in [-0.15, -0.1) is 0 Å². The van der Waals surface area contributed by atoms with E-state index in [4.69, 9.17) is 13.9 Å². The lowest BCUT2D eigenvalue weighted by Crippen LogP contribution is -2.33. The van der Waals surface area contributed by atoms with Crippen LogP contribution in [0.5, 0.6) is 11.5 Å². The van der Waals surface area contributed by atoms with Gasteiger partial charge in [-0.25, -0.2) is 0 Å². The van der Waals surface area contributed by atoms with Crippen molar-refractivity contribution in [2.75, 3.05) is 13.2 Å². The number of carbonyl (C=O) groups excluding carboxylic acids is 2. The number of rotatable bonds is 4. The zero-order valence-corrected chi connectivity index (χ0v) is 15.0. The van der Waals surface area contributed by atoms with Crippen LogP contribution in [0.3, 0.4) is 0 Å². The number of benzene rings is 1. The molecule has 2 aromatic rings. The predicted molar refractivity (Wildman–Crippen MR) is 96.3 cm³/mol. The number of ether oxygens (including phenoxy) is 2. The van der Waals surface area contributed by atoms with E-state index in [1.807, 2.05) is 23.1 Å². The predicted octanol–water partition coefficient (Wildman–Crippen LogP) is 3.37. The first-order chi connectivity index (χ1) is 13.2. The van der Waals surface area contributed by atoms with Gasteiger partial charge < -0.3 is 18.8 Å². The van der Waals surface area contributed by atoms with Crippen LogP contribution >= 0.6 is 0 Å². The number of carbonyl (C=O) groups is 2. The quantitative estimate of drug-likeness (QED) is 0.829. The topological polar surface area (TPSA) is 69.0 Å². The number of amides is 1. The summed E-state index contributed by atoms with van der Waals surface area (Å²) in [5.74, 6) is 2.02. The molecule has 0 bridgehead atoms. The van der Waals surface area contributed by atoms with Gasteiger partial charge in [0.1, 0.15) is 25.2 Å². The van der Waals surface area contributed by atoms with E-state index in [2.05, 4.69) is 0 Å². The normalized spacial score (nSPS) is 18.1. The number of hydrogen-bond donors (Lipinski definition) is 0. The van der Waals surface area contributed by atoms with E-state index in [-0.39, 0.29) is 17.7 Å². The molecule has 0 radical (unpaired) electrons. The largest absolute Gasteiger partial charge is 0.486 e. The number of nitrogens with zero attached hydrogens (tertiary/aromatic N) is 1. The summed E-state index contributed by atoms with van der Waals surface area (Å²) in [5, 5.41) is 0. The van der Waals surface area contributed by atoms with Crippen LogP contribution in [-0.2, 0) is 13.0 Å². The van der Waals surface area contributed by atoms with Gasteiger partial charge in [0, 0.05) is 25.4 Å². The molecule has 0 unspecified atom stereocenters. The van der Waals surface area contributed by atoms with Crippen LogP contribution in [0.2, 0.25) is 0 Å². The van der Waals surface area contributed by atoms with Gasteiger partial charge in [0.05, 0.1) is 11.1 Å². The zero-order valence-electron chi connectivity index (χ0n) is 15.0. The minimum absolute atomic E-state index is 0.0171. The smallest absolute Gasteiger partial charge is 0.258 e. The average molecular weight is 367 g/mol. The number of hydrogen-bond acceptors (Lipinski definition) is 5. The van der Waals surface area contributed by atoms with E-state index in [1.165, 1.54) is 6.26 Å². The van der Waals surface area contributed by atoms with Crippen molar-refractivity contribution in [3.63, 3.8) is 0 Å². The minimum atomic E-state index is -0.118. The number of Topliss-reactive ketones (excluding diaryl/α,β-unsaturated/α-hetero) is 1. The lowest BCUT2D eigenvalue weighted by molar-refractivity contribution is 0.0724. The molecular weight excluding hydrogens is 346 g/mol. The highest BCUT2D eigenvalue weighted by Gasteiger charge is 2.37. The lowest BCUT2D eigenvalue weighted by atomic mass is 9.93. The Morgan fingerprint density at radius 2 is 1.93 bits per heavy atom. The van der Waals surface area contributed by atoms with Crippen molar-refractivity contribution in [2.24, 2.45) is 0 Å². The summed E-state index contributed by atoms with van der Waals surface area (Å²) in [4.78, 5) is 27.5. The van der Waals surface area contributed by atoms with E-state index >= 15 is 0 Å². The Hall–Kier alpha value is -2.76. The van der Waals surface area contributed by atoms with Gasteiger partial charge in [0.25, 0.3) is 5.91 Å². The maximum Gasteiger partial charge on any atom is 0.258 e. The van der Waals surface area contributed by atoms with E-state index < -0.39 is 0 Å². The highest BCUT2D eigenvalue weighted by molar-refractivity contribution is 6.09. The molecule has 2 aliphatic carbocycles. The molecule has 0 saturated heterocycles. The summed E-state index contributed by atoms with van der Waals surface area (Å²) in [6, 6.07) is 6.01. The van der Waals surface area contributed by atoms with Crippen LogP contribution < -0.4 is 9.47 Å². The Morgan fingerprint density at radius 3 is 2.74 bits per heavy atom. The van der Waals surface area contributed by atoms with Gasteiger partial charge in [-0.3, -0.25) is 9.59 Å². The lowest BCUT2D eigenvalue weighted by Gasteiger charge is -2.24. The van der Waals surface area contributed by atoms with Crippen LogP contribution in [-0.4, -0.2) is 35.8 Å². The summed E-state index contributed by atoms with van der Waals surface area (Å²) < 4.78 is 16.8. The Balaban J connectivity index is 1.43. The zero-order chi connectivity index (χ0) is 18.4. The highest BCUT2D eigenvalue weighted by Crippen LogP contribution is 2.35. The van der Waals surface area contributed by atoms with Crippen molar-refractivity contribution < 1.29 is 23.5 Å². The Kier molecular flexibility index (Phi) is 3.92. The van der Waals surface area contributed by atoms with Crippen LogP contribution in [0, 0.1) is 0 Å². The fourth-order valence-electron chi connectivity index (χ4n) is 3.87. The number of aryl methyl sites for hydroxylation is 1. The number of fused-ring (bicyclic) bond motifs is 2. The molecule has 1 amide bonds. The second-order valence-electron chi connectivity index (χ2n) is 7.37. The molecule has 3 aliphatic rings. The van der Waals surface area contributed by atoms with Crippen molar-refractivity contribution in [3.05, 3.63) is 46.9 Å². The average Bonchev–Trinajstić information content (AvgIpc) is 3.44. The third-order valence-electron chi connectivity index (χ3n) is 5.39. The van der Waals surface area contributed by atoms with Crippen molar-refractivity contribution in [1.29, 1.82) is 0 Å². The van der Waals surface area contributed by atoms with Crippen LogP contribution in [0.15, 0.2) is 28.9 Å². The van der Waals surface area contributed by atoms with E-state index in [9.17, 15) is 9.59 Å². The molecule has 0 spiro atoms. The molecule has 27 heavy (non-hydrogen) atoms. The SMILES string of the molecule is O=C1CCCc2occ(C(=O)N(Cc3ccc4c(c3)OCCO4)C3CC3)c21. The molecule has 1 aliphatic heterocycles. The summed E-state index contributed by atoms with van der Waals surface area (Å²) >= 11 is 0. The van der Waals surface area contributed by atoms with Gasteiger partial charge in [-0.05, 0) is 37.0 Å². The first kappa shape index (κ1) is 16.4. The van der Waals surface area contributed by atoms with Crippen LogP contribution in [0.1, 0.15) is 57.7 Å². The van der Waals surface area contributed by atoms with Gasteiger partial charge in [-0.2, -0.15) is 0 Å². The molecule has 1 fully saturated rings. The summed E-state index contributed by atoms with van der Waals surface area (Å²) in [6.45, 7) is 1.57. The molecule has 6 nitrogen and oxygen atoms in total. The molecule has 1 aromatic carbocycles. The molecule has 5 rings (SSSR count). The van der Waals surface area contributed by atoms with Gasteiger partial charge in [-0.1, -0.05) is 6.07 Å². The van der Waals surface area contributed by atoms with Crippen LogP contribution in [0.25, 0.3) is 0 Å². The first-order valence-electron chi connectivity index (χ1n) is 9.54. The fraction of sp³-hybridized carbons (Fsp3) is 0.429. The Morgan fingerprint density at radius 1 is 1.11 bits per heavy atom. The monoisotopic (exact) mass is 367 g/mol. The minimum Gasteiger partial charge on any atom is -0.486 e. The first-order valence-corrected chi connectivity index (χ1v) is 9.54. The van der Waals surface area contributed by atoms with Gasteiger partial charge in [0.15, 0.2) is 17.3 Å². The van der Waals surface area contributed by atoms with Gasteiger partial charge in [0.2, 0.25) is 0 Å². The molecule has 6 heteroatoms. The third kappa shape index (κ3) is 2.99. The molecule has 2 heterocycles. The summed E-state index contributed by atoms with van der Waals surface area (Å²) in [6.07, 6.45) is 5.44. The van der Waals surface area contributed by atoms with E-state index in [0.717, 1.165) is 42.7 Å². The Bertz CT molecular complexity index is 911. The van der Waals surface area contributed by atoms with E-state index in [1.54, 1.807) is 0 Å². The van der Waals surface area contributed by atoms with Crippen molar-refractivity contribution in [3.8, 4) is 11.5 Å². The number of ketones is 1. The molecule has 0 atom stereocenters. The summed E-state index contributed by atoms with van der Waals surface area (Å²) in [5.41, 5.74) is 1.90. The molecule has 1 aromatic heterocycles. The van der Waals surface area contributed by atoms with Gasteiger partial charge >= 0.3 is 0 Å². The summed E-state index contributed by atoms with van der Waals surface area (Å²) in [7, 11) is 0. The maximum atomic E-state index is 13.3. The molecular formula is C21H21NO5. The second kappa shape index (κ2) is 6.44.